The Balaban J connectivity index is 1.72. The molecule has 20 heavy (non-hydrogen) atoms. The standard InChI is InChI=1S/C18H26O2/c1-5-19-11-7-6-8-12-20-15-9-10-16-17(13-15)18(16,4)14(2)3/h9,13-14,16H,5-6,8,10,12H2,1-4H3. The molecule has 0 aromatic carbocycles. The zero-order valence-corrected chi connectivity index (χ0v) is 13.2. The van der Waals surface area contributed by atoms with Crippen LogP contribution >= 0.6 is 0 Å². The van der Waals surface area contributed by atoms with E-state index in [2.05, 4.69) is 45.0 Å². The topological polar surface area (TPSA) is 18.5 Å². The van der Waals surface area contributed by atoms with Gasteiger partial charge in [-0.05, 0) is 49.2 Å². The van der Waals surface area contributed by atoms with Crippen molar-refractivity contribution in [2.24, 2.45) is 17.3 Å². The molecule has 0 aromatic rings. The Morgan fingerprint density at radius 3 is 2.95 bits per heavy atom. The van der Waals surface area contributed by atoms with E-state index >= 15 is 0 Å². The summed E-state index contributed by atoms with van der Waals surface area (Å²) in [6.07, 6.45) is 10.1. The van der Waals surface area contributed by atoms with Crippen molar-refractivity contribution in [1.29, 1.82) is 0 Å². The normalized spacial score (nSPS) is 26.9. The van der Waals surface area contributed by atoms with Gasteiger partial charge in [0.25, 0.3) is 0 Å². The third-order valence-electron chi connectivity index (χ3n) is 4.69. The molecule has 110 valence electrons. The second kappa shape index (κ2) is 6.39. The summed E-state index contributed by atoms with van der Waals surface area (Å²) < 4.78 is 10.8. The quantitative estimate of drug-likeness (QED) is 0.531. The monoisotopic (exact) mass is 274 g/mol. The fourth-order valence-electron chi connectivity index (χ4n) is 3.00. The van der Waals surface area contributed by atoms with Crippen molar-refractivity contribution in [2.75, 3.05) is 13.2 Å². The Kier molecular flexibility index (Phi) is 4.81. The molecule has 0 spiro atoms. The minimum atomic E-state index is 0.407. The van der Waals surface area contributed by atoms with Crippen LogP contribution in [0.15, 0.2) is 23.5 Å². The van der Waals surface area contributed by atoms with Gasteiger partial charge in [0.05, 0.1) is 13.2 Å². The van der Waals surface area contributed by atoms with Crippen molar-refractivity contribution in [3.8, 4) is 12.0 Å². The van der Waals surface area contributed by atoms with Crippen molar-refractivity contribution < 1.29 is 9.47 Å². The van der Waals surface area contributed by atoms with Crippen molar-refractivity contribution >= 4 is 0 Å². The molecule has 0 bridgehead atoms. The van der Waals surface area contributed by atoms with Gasteiger partial charge in [0.2, 0.25) is 0 Å². The van der Waals surface area contributed by atoms with Crippen LogP contribution in [-0.4, -0.2) is 13.2 Å². The van der Waals surface area contributed by atoms with E-state index in [1.807, 2.05) is 6.92 Å². The highest BCUT2D eigenvalue weighted by Crippen LogP contribution is 2.65. The third-order valence-corrected chi connectivity index (χ3v) is 4.69. The number of allylic oxidation sites excluding steroid dienone is 3. The van der Waals surface area contributed by atoms with Crippen LogP contribution in [0.1, 0.15) is 47.0 Å². The molecule has 2 aliphatic carbocycles. The van der Waals surface area contributed by atoms with E-state index in [4.69, 9.17) is 9.47 Å². The minimum Gasteiger partial charge on any atom is -0.494 e. The van der Waals surface area contributed by atoms with Gasteiger partial charge in [-0.1, -0.05) is 32.3 Å². The van der Waals surface area contributed by atoms with Gasteiger partial charge in [-0.15, -0.1) is 0 Å². The highest BCUT2D eigenvalue weighted by Gasteiger charge is 2.57. The van der Waals surface area contributed by atoms with E-state index in [1.54, 1.807) is 5.57 Å². The molecule has 2 heteroatoms. The fraction of sp³-hybridized carbons (Fsp3) is 0.667. The lowest BCUT2D eigenvalue weighted by Gasteiger charge is -2.13. The summed E-state index contributed by atoms with van der Waals surface area (Å²) in [5.74, 6) is 5.50. The molecule has 2 rings (SSSR count). The van der Waals surface area contributed by atoms with E-state index in [-0.39, 0.29) is 0 Å². The molecule has 0 saturated heterocycles. The van der Waals surface area contributed by atoms with Gasteiger partial charge in [0, 0.05) is 6.42 Å². The Morgan fingerprint density at radius 1 is 1.45 bits per heavy atom. The SMILES string of the molecule is CCOC#CCCCOC1=CCC2C(=C1)C2(C)C(C)C. The number of rotatable bonds is 6. The lowest BCUT2D eigenvalue weighted by atomic mass is 9.91. The summed E-state index contributed by atoms with van der Waals surface area (Å²) in [5, 5.41) is 0. The summed E-state index contributed by atoms with van der Waals surface area (Å²) in [6.45, 7) is 10.3. The zero-order chi connectivity index (χ0) is 14.6. The summed E-state index contributed by atoms with van der Waals surface area (Å²) in [5.41, 5.74) is 1.99. The van der Waals surface area contributed by atoms with Gasteiger partial charge < -0.3 is 9.47 Å². The molecule has 0 amide bonds. The fourth-order valence-corrected chi connectivity index (χ4v) is 3.00. The Morgan fingerprint density at radius 2 is 2.25 bits per heavy atom. The van der Waals surface area contributed by atoms with Crippen LogP contribution in [0.5, 0.6) is 0 Å². The molecule has 0 aliphatic heterocycles. The average molecular weight is 274 g/mol. The number of hydrogen-bond donors (Lipinski definition) is 0. The van der Waals surface area contributed by atoms with Gasteiger partial charge in [-0.2, -0.15) is 0 Å². The van der Waals surface area contributed by atoms with Gasteiger partial charge in [0.1, 0.15) is 11.9 Å². The molecule has 0 radical (unpaired) electrons. The Bertz CT molecular complexity index is 462. The third kappa shape index (κ3) is 3.03. The minimum absolute atomic E-state index is 0.407. The highest BCUT2D eigenvalue weighted by molar-refractivity contribution is 5.45. The van der Waals surface area contributed by atoms with Crippen molar-refractivity contribution in [2.45, 2.75) is 47.0 Å². The molecular weight excluding hydrogens is 248 g/mol. The van der Waals surface area contributed by atoms with Gasteiger partial charge in [-0.3, -0.25) is 0 Å². The largest absolute Gasteiger partial charge is 0.494 e. The van der Waals surface area contributed by atoms with Gasteiger partial charge >= 0.3 is 0 Å². The maximum atomic E-state index is 5.84. The lowest BCUT2D eigenvalue weighted by molar-refractivity contribution is 0.219. The van der Waals surface area contributed by atoms with Crippen LogP contribution in [0, 0.1) is 29.3 Å². The second-order valence-corrected chi connectivity index (χ2v) is 6.10. The molecule has 0 aromatic heterocycles. The molecular formula is C18H26O2. The first kappa shape index (κ1) is 15.0. The molecule has 1 fully saturated rings. The number of unbranched alkanes of at least 4 members (excludes halogenated alkanes) is 1. The Hall–Kier alpha value is -1.36. The number of ether oxygens (including phenoxy) is 2. The molecule has 2 aliphatic rings. The van der Waals surface area contributed by atoms with Crippen molar-refractivity contribution in [3.63, 3.8) is 0 Å². The maximum Gasteiger partial charge on any atom is 0.115 e. The van der Waals surface area contributed by atoms with Gasteiger partial charge in [-0.25, -0.2) is 0 Å². The van der Waals surface area contributed by atoms with E-state index in [0.717, 1.165) is 37.5 Å². The summed E-state index contributed by atoms with van der Waals surface area (Å²) >= 11 is 0. The predicted molar refractivity (Wildman–Crippen MR) is 81.8 cm³/mol. The first-order valence-electron chi connectivity index (χ1n) is 7.75. The summed E-state index contributed by atoms with van der Waals surface area (Å²) in [4.78, 5) is 0. The number of fused-ring (bicyclic) bond motifs is 1. The first-order valence-corrected chi connectivity index (χ1v) is 7.75. The first-order chi connectivity index (χ1) is 9.60. The van der Waals surface area contributed by atoms with Crippen LogP contribution < -0.4 is 0 Å². The number of hydrogen-bond acceptors (Lipinski definition) is 2. The maximum absolute atomic E-state index is 5.84. The van der Waals surface area contributed by atoms with Crippen molar-refractivity contribution in [1.82, 2.24) is 0 Å². The van der Waals surface area contributed by atoms with Crippen LogP contribution in [-0.2, 0) is 9.47 Å². The Labute approximate surface area is 123 Å². The van der Waals surface area contributed by atoms with E-state index < -0.39 is 0 Å². The van der Waals surface area contributed by atoms with E-state index in [1.165, 1.54) is 0 Å². The summed E-state index contributed by atoms with van der Waals surface area (Å²) in [7, 11) is 0. The smallest absolute Gasteiger partial charge is 0.115 e. The molecule has 2 nitrogen and oxygen atoms in total. The summed E-state index contributed by atoms with van der Waals surface area (Å²) in [6, 6.07) is 0. The van der Waals surface area contributed by atoms with E-state index in [0.29, 0.717) is 17.9 Å². The molecule has 2 atom stereocenters. The van der Waals surface area contributed by atoms with E-state index in [9.17, 15) is 0 Å². The zero-order valence-electron chi connectivity index (χ0n) is 13.2. The lowest BCUT2D eigenvalue weighted by Crippen LogP contribution is -2.06. The van der Waals surface area contributed by atoms with Crippen LogP contribution in [0.2, 0.25) is 0 Å². The van der Waals surface area contributed by atoms with Gasteiger partial charge in [0.15, 0.2) is 0 Å². The van der Waals surface area contributed by atoms with Crippen LogP contribution in [0.4, 0.5) is 0 Å². The highest BCUT2D eigenvalue weighted by atomic mass is 16.5. The second-order valence-electron chi connectivity index (χ2n) is 6.10. The molecule has 0 N–H and O–H groups in total. The average Bonchev–Trinajstić information content (AvgIpc) is 3.04. The molecule has 2 unspecified atom stereocenters. The van der Waals surface area contributed by atoms with Crippen LogP contribution in [0.3, 0.4) is 0 Å². The van der Waals surface area contributed by atoms with Crippen LogP contribution in [0.25, 0.3) is 0 Å². The predicted octanol–water partition coefficient (Wildman–Crippen LogP) is 4.29. The van der Waals surface area contributed by atoms with Crippen molar-refractivity contribution in [3.05, 3.63) is 23.5 Å². The molecule has 0 heterocycles. The molecule has 1 saturated carbocycles.